The molecule has 1 aromatic heterocycles. The van der Waals surface area contributed by atoms with E-state index in [1.807, 2.05) is 0 Å². The number of nitrogens with two attached hydrogens (primary N) is 1. The molecular formula is C17H20N4O4. The van der Waals surface area contributed by atoms with Crippen LogP contribution >= 0.6 is 0 Å². The van der Waals surface area contributed by atoms with Crippen molar-refractivity contribution in [1.29, 1.82) is 0 Å². The Morgan fingerprint density at radius 1 is 1.36 bits per heavy atom. The minimum Gasteiger partial charge on any atom is -0.485 e. The first-order valence-corrected chi connectivity index (χ1v) is 8.13. The van der Waals surface area contributed by atoms with Crippen LogP contribution in [0.15, 0.2) is 28.8 Å². The molecule has 2 amide bonds. The van der Waals surface area contributed by atoms with Crippen LogP contribution in [0.25, 0.3) is 0 Å². The molecule has 0 bridgehead atoms. The predicted octanol–water partition coefficient (Wildman–Crippen LogP) is 1.29. The standard InChI is InChI=1S/C17H20N4O4/c1-11-19-15(20-25-11)10-24-14-6-4-12(5-7-14)17(23)21-8-2-3-13(9-21)16(18)22/h4-7,13H,2-3,8-10H2,1H3,(H2,18,22)/t13-/m1/s1. The Kier molecular flexibility index (Phi) is 4.97. The van der Waals surface area contributed by atoms with Crippen LogP contribution in [0.5, 0.6) is 5.75 Å². The van der Waals surface area contributed by atoms with Crippen LogP contribution in [0.3, 0.4) is 0 Å². The lowest BCUT2D eigenvalue weighted by atomic mass is 9.97. The van der Waals surface area contributed by atoms with Gasteiger partial charge in [-0.3, -0.25) is 9.59 Å². The molecule has 0 aliphatic carbocycles. The maximum absolute atomic E-state index is 12.6. The van der Waals surface area contributed by atoms with Gasteiger partial charge in [-0.2, -0.15) is 4.98 Å². The Balaban J connectivity index is 1.59. The fourth-order valence-corrected chi connectivity index (χ4v) is 2.82. The summed E-state index contributed by atoms with van der Waals surface area (Å²) in [6, 6.07) is 6.84. The van der Waals surface area contributed by atoms with E-state index in [0.29, 0.717) is 36.1 Å². The second-order valence-electron chi connectivity index (χ2n) is 6.04. The molecule has 25 heavy (non-hydrogen) atoms. The molecule has 2 N–H and O–H groups in total. The zero-order valence-electron chi connectivity index (χ0n) is 14.0. The summed E-state index contributed by atoms with van der Waals surface area (Å²) >= 11 is 0. The number of likely N-dealkylation sites (tertiary alicyclic amines) is 1. The first-order valence-electron chi connectivity index (χ1n) is 8.13. The van der Waals surface area contributed by atoms with Crippen LogP contribution in [-0.2, 0) is 11.4 Å². The molecule has 8 heteroatoms. The van der Waals surface area contributed by atoms with Gasteiger partial charge in [0.15, 0.2) is 6.61 Å². The van der Waals surface area contributed by atoms with Crippen LogP contribution in [0.1, 0.15) is 34.9 Å². The topological polar surface area (TPSA) is 112 Å². The fourth-order valence-electron chi connectivity index (χ4n) is 2.82. The van der Waals surface area contributed by atoms with Gasteiger partial charge in [-0.15, -0.1) is 0 Å². The van der Waals surface area contributed by atoms with Crippen molar-refractivity contribution in [2.75, 3.05) is 13.1 Å². The summed E-state index contributed by atoms with van der Waals surface area (Å²) in [5, 5.41) is 3.75. The molecule has 0 saturated carbocycles. The van der Waals surface area contributed by atoms with E-state index < -0.39 is 0 Å². The van der Waals surface area contributed by atoms with E-state index in [0.717, 1.165) is 12.8 Å². The first-order chi connectivity index (χ1) is 12.0. The smallest absolute Gasteiger partial charge is 0.253 e. The van der Waals surface area contributed by atoms with E-state index in [1.54, 1.807) is 36.1 Å². The number of aromatic nitrogens is 2. The lowest BCUT2D eigenvalue weighted by Gasteiger charge is -2.31. The van der Waals surface area contributed by atoms with Crippen LogP contribution in [0.2, 0.25) is 0 Å². The van der Waals surface area contributed by atoms with E-state index in [9.17, 15) is 9.59 Å². The number of primary amides is 1. The van der Waals surface area contributed by atoms with Crippen molar-refractivity contribution in [3.63, 3.8) is 0 Å². The van der Waals surface area contributed by atoms with E-state index in [4.69, 9.17) is 15.0 Å². The van der Waals surface area contributed by atoms with E-state index >= 15 is 0 Å². The predicted molar refractivity (Wildman–Crippen MR) is 87.6 cm³/mol. The molecule has 132 valence electrons. The highest BCUT2D eigenvalue weighted by Gasteiger charge is 2.27. The molecule has 1 aliphatic heterocycles. The number of carbonyl (C=O) groups excluding carboxylic acids is 2. The summed E-state index contributed by atoms with van der Waals surface area (Å²) in [7, 11) is 0. The van der Waals surface area contributed by atoms with Gasteiger partial charge >= 0.3 is 0 Å². The summed E-state index contributed by atoms with van der Waals surface area (Å²) in [5.41, 5.74) is 5.91. The Bertz CT molecular complexity index is 756. The minimum atomic E-state index is -0.349. The van der Waals surface area contributed by atoms with Crippen LogP contribution in [0, 0.1) is 12.8 Å². The molecule has 2 aromatic rings. The van der Waals surface area contributed by atoms with Crippen molar-refractivity contribution in [3.8, 4) is 5.75 Å². The Morgan fingerprint density at radius 2 is 2.12 bits per heavy atom. The van der Waals surface area contributed by atoms with Crippen LogP contribution < -0.4 is 10.5 Å². The number of benzene rings is 1. The summed E-state index contributed by atoms with van der Waals surface area (Å²) in [4.78, 5) is 29.6. The number of nitrogens with zero attached hydrogens (tertiary/aromatic N) is 3. The normalized spacial score (nSPS) is 17.3. The molecule has 0 unspecified atom stereocenters. The van der Waals surface area contributed by atoms with Gasteiger partial charge in [0.05, 0.1) is 5.92 Å². The fraction of sp³-hybridized carbons (Fsp3) is 0.412. The molecule has 1 aromatic carbocycles. The van der Waals surface area contributed by atoms with Gasteiger partial charge in [0.1, 0.15) is 5.75 Å². The number of rotatable bonds is 5. The zero-order chi connectivity index (χ0) is 17.8. The number of ether oxygens (including phenoxy) is 1. The monoisotopic (exact) mass is 344 g/mol. The maximum atomic E-state index is 12.6. The van der Waals surface area contributed by atoms with Gasteiger partial charge in [0, 0.05) is 25.6 Å². The zero-order valence-corrected chi connectivity index (χ0v) is 14.0. The molecule has 1 saturated heterocycles. The van der Waals surface area contributed by atoms with Crippen LogP contribution in [-0.4, -0.2) is 39.9 Å². The van der Waals surface area contributed by atoms with Gasteiger partial charge in [0.25, 0.3) is 5.91 Å². The highest BCUT2D eigenvalue weighted by atomic mass is 16.5. The second-order valence-corrected chi connectivity index (χ2v) is 6.04. The highest BCUT2D eigenvalue weighted by Crippen LogP contribution is 2.20. The number of piperidine rings is 1. The van der Waals surface area contributed by atoms with Crippen molar-refractivity contribution in [1.82, 2.24) is 15.0 Å². The van der Waals surface area contributed by atoms with E-state index in [2.05, 4.69) is 10.1 Å². The Hall–Kier alpha value is -2.90. The molecule has 0 radical (unpaired) electrons. The van der Waals surface area contributed by atoms with Crippen molar-refractivity contribution < 1.29 is 18.8 Å². The third-order valence-corrected chi connectivity index (χ3v) is 4.15. The van der Waals surface area contributed by atoms with E-state index in [1.165, 1.54) is 0 Å². The summed E-state index contributed by atoms with van der Waals surface area (Å²) in [5.74, 6) is 0.828. The second kappa shape index (κ2) is 7.33. The molecule has 8 nitrogen and oxygen atoms in total. The van der Waals surface area contributed by atoms with E-state index in [-0.39, 0.29) is 24.3 Å². The molecule has 0 spiro atoms. The quantitative estimate of drug-likeness (QED) is 0.875. The molecule has 1 aliphatic rings. The summed E-state index contributed by atoms with van der Waals surface area (Å²) in [6.45, 7) is 2.92. The van der Waals surface area contributed by atoms with Crippen molar-refractivity contribution >= 4 is 11.8 Å². The lowest BCUT2D eigenvalue weighted by molar-refractivity contribution is -0.123. The molecule has 1 atom stereocenters. The van der Waals surface area contributed by atoms with Crippen molar-refractivity contribution in [3.05, 3.63) is 41.5 Å². The van der Waals surface area contributed by atoms with Gasteiger partial charge < -0.3 is 19.9 Å². The summed E-state index contributed by atoms with van der Waals surface area (Å²) < 4.78 is 10.4. The molecular weight excluding hydrogens is 324 g/mol. The number of aryl methyl sites for hydroxylation is 1. The molecule has 3 rings (SSSR count). The maximum Gasteiger partial charge on any atom is 0.253 e. The molecule has 1 fully saturated rings. The third kappa shape index (κ3) is 4.14. The SMILES string of the molecule is Cc1nc(COc2ccc(C(=O)N3CCC[C@@H](C(N)=O)C3)cc2)no1. The largest absolute Gasteiger partial charge is 0.485 e. The van der Waals surface area contributed by atoms with Gasteiger partial charge in [-0.25, -0.2) is 0 Å². The first kappa shape index (κ1) is 16.9. The van der Waals surface area contributed by atoms with Crippen molar-refractivity contribution in [2.24, 2.45) is 11.7 Å². The highest BCUT2D eigenvalue weighted by molar-refractivity contribution is 5.94. The van der Waals surface area contributed by atoms with Gasteiger partial charge in [-0.05, 0) is 37.1 Å². The van der Waals surface area contributed by atoms with Crippen molar-refractivity contribution in [2.45, 2.75) is 26.4 Å². The average molecular weight is 344 g/mol. The van der Waals surface area contributed by atoms with Gasteiger partial charge in [0.2, 0.25) is 17.6 Å². The lowest BCUT2D eigenvalue weighted by Crippen LogP contribution is -2.44. The average Bonchev–Trinajstić information content (AvgIpc) is 3.05. The van der Waals surface area contributed by atoms with Gasteiger partial charge in [-0.1, -0.05) is 5.16 Å². The minimum absolute atomic E-state index is 0.105. The van der Waals surface area contributed by atoms with Crippen LogP contribution in [0.4, 0.5) is 0 Å². The number of carbonyl (C=O) groups is 2. The summed E-state index contributed by atoms with van der Waals surface area (Å²) in [6.07, 6.45) is 1.52. The molecule has 2 heterocycles. The number of hydrogen-bond acceptors (Lipinski definition) is 6. The Labute approximate surface area is 144 Å². The third-order valence-electron chi connectivity index (χ3n) is 4.15. The Morgan fingerprint density at radius 3 is 2.76 bits per heavy atom. The number of hydrogen-bond donors (Lipinski definition) is 1. The number of amides is 2.